The van der Waals surface area contributed by atoms with Crippen LogP contribution in [-0.4, -0.2) is 10.7 Å². The molecule has 0 radical (unpaired) electrons. The first-order valence-electron chi connectivity index (χ1n) is 6.98. The molecule has 0 bridgehead atoms. The molecular formula is C17H17NO3. The van der Waals surface area contributed by atoms with Gasteiger partial charge < -0.3 is 0 Å². The summed E-state index contributed by atoms with van der Waals surface area (Å²) in [6.07, 6.45) is 1.24. The molecule has 2 rings (SSSR count). The fourth-order valence-corrected chi connectivity index (χ4v) is 2.39. The van der Waals surface area contributed by atoms with Crippen molar-refractivity contribution in [3.63, 3.8) is 0 Å². The second kappa shape index (κ2) is 6.31. The highest BCUT2D eigenvalue weighted by Gasteiger charge is 2.20. The largest absolute Gasteiger partial charge is 0.289 e. The Morgan fingerprint density at radius 1 is 1.05 bits per heavy atom. The molecular weight excluding hydrogens is 266 g/mol. The first-order valence-corrected chi connectivity index (χ1v) is 6.98. The minimum atomic E-state index is -0.417. The lowest BCUT2D eigenvalue weighted by molar-refractivity contribution is -0.385. The predicted octanol–water partition coefficient (Wildman–Crippen LogP) is 3.95. The van der Waals surface area contributed by atoms with Gasteiger partial charge in [0.25, 0.3) is 5.69 Å². The van der Waals surface area contributed by atoms with E-state index in [0.29, 0.717) is 29.5 Å². The van der Waals surface area contributed by atoms with Crippen LogP contribution in [0.3, 0.4) is 0 Å². The number of nitrogens with zero attached hydrogens (tertiary/aromatic N) is 1. The molecule has 4 heteroatoms. The molecule has 0 aliphatic rings. The van der Waals surface area contributed by atoms with Crippen molar-refractivity contribution in [3.8, 4) is 0 Å². The van der Waals surface area contributed by atoms with Crippen LogP contribution in [0, 0.1) is 10.1 Å². The zero-order valence-electron chi connectivity index (χ0n) is 12.1. The molecule has 0 saturated heterocycles. The van der Waals surface area contributed by atoms with E-state index in [4.69, 9.17) is 0 Å². The maximum atomic E-state index is 12.6. The Hall–Kier alpha value is -2.49. The van der Waals surface area contributed by atoms with Crippen LogP contribution in [0.25, 0.3) is 0 Å². The van der Waals surface area contributed by atoms with Crippen LogP contribution in [-0.2, 0) is 12.8 Å². The SMILES string of the molecule is CCc1cc(CC)c([N+](=O)[O-])cc1C(=O)c1ccccc1. The van der Waals surface area contributed by atoms with Gasteiger partial charge in [-0.2, -0.15) is 0 Å². The highest BCUT2D eigenvalue weighted by molar-refractivity contribution is 6.10. The van der Waals surface area contributed by atoms with Crippen LogP contribution in [0.2, 0.25) is 0 Å². The lowest BCUT2D eigenvalue weighted by atomic mass is 9.93. The minimum Gasteiger partial charge on any atom is -0.289 e. The molecule has 0 amide bonds. The van der Waals surface area contributed by atoms with Gasteiger partial charge in [-0.15, -0.1) is 0 Å². The maximum absolute atomic E-state index is 12.6. The van der Waals surface area contributed by atoms with E-state index in [1.54, 1.807) is 30.3 Å². The summed E-state index contributed by atoms with van der Waals surface area (Å²) in [5.74, 6) is -0.168. The van der Waals surface area contributed by atoms with E-state index in [0.717, 1.165) is 5.56 Å². The second-order valence-electron chi connectivity index (χ2n) is 4.80. The summed E-state index contributed by atoms with van der Waals surface area (Å²) in [5, 5.41) is 11.2. The first-order chi connectivity index (χ1) is 10.1. The number of ketones is 1. The molecule has 0 heterocycles. The third-order valence-electron chi connectivity index (χ3n) is 3.54. The fourth-order valence-electron chi connectivity index (χ4n) is 2.39. The molecule has 21 heavy (non-hydrogen) atoms. The number of rotatable bonds is 5. The van der Waals surface area contributed by atoms with Crippen LogP contribution in [0.1, 0.15) is 40.9 Å². The van der Waals surface area contributed by atoms with Crippen molar-refractivity contribution in [2.24, 2.45) is 0 Å². The predicted molar refractivity (Wildman–Crippen MR) is 81.7 cm³/mol. The second-order valence-corrected chi connectivity index (χ2v) is 4.80. The van der Waals surface area contributed by atoms with Crippen LogP contribution >= 0.6 is 0 Å². The standard InChI is InChI=1S/C17H17NO3/c1-3-12-10-13(4-2)16(18(20)21)11-15(12)17(19)14-8-6-5-7-9-14/h5-11H,3-4H2,1-2H3. The quantitative estimate of drug-likeness (QED) is 0.474. The van der Waals surface area contributed by atoms with Gasteiger partial charge in [0.2, 0.25) is 0 Å². The Bertz CT molecular complexity index is 678. The summed E-state index contributed by atoms with van der Waals surface area (Å²) in [6, 6.07) is 12.1. The number of nitro groups is 1. The fraction of sp³-hybridized carbons (Fsp3) is 0.235. The Morgan fingerprint density at radius 3 is 2.19 bits per heavy atom. The van der Waals surface area contributed by atoms with E-state index in [1.165, 1.54) is 6.07 Å². The number of carbonyl (C=O) groups excluding carboxylic acids is 1. The summed E-state index contributed by atoms with van der Waals surface area (Å²) >= 11 is 0. The van der Waals surface area contributed by atoms with Gasteiger partial charge in [0.15, 0.2) is 5.78 Å². The first kappa shape index (κ1) is 14.9. The zero-order valence-corrected chi connectivity index (χ0v) is 12.1. The van der Waals surface area contributed by atoms with Gasteiger partial charge in [-0.3, -0.25) is 14.9 Å². The van der Waals surface area contributed by atoms with Gasteiger partial charge in [0, 0.05) is 22.8 Å². The van der Waals surface area contributed by atoms with Crippen LogP contribution < -0.4 is 0 Å². The van der Waals surface area contributed by atoms with Crippen molar-refractivity contribution >= 4 is 11.5 Å². The van der Waals surface area contributed by atoms with E-state index in [9.17, 15) is 14.9 Å². The minimum absolute atomic E-state index is 0.0222. The molecule has 0 aliphatic heterocycles. The lowest BCUT2D eigenvalue weighted by Gasteiger charge is -2.10. The molecule has 2 aromatic rings. The highest BCUT2D eigenvalue weighted by Crippen LogP contribution is 2.26. The van der Waals surface area contributed by atoms with Crippen molar-refractivity contribution in [1.29, 1.82) is 0 Å². The molecule has 0 unspecified atom stereocenters. The molecule has 0 saturated carbocycles. The molecule has 2 aromatic carbocycles. The van der Waals surface area contributed by atoms with Gasteiger partial charge in [-0.1, -0.05) is 44.2 Å². The van der Waals surface area contributed by atoms with Gasteiger partial charge in [-0.25, -0.2) is 0 Å². The number of hydrogen-bond acceptors (Lipinski definition) is 3. The van der Waals surface area contributed by atoms with E-state index in [-0.39, 0.29) is 11.5 Å². The van der Waals surface area contributed by atoms with Crippen molar-refractivity contribution in [3.05, 3.63) is 74.8 Å². The summed E-state index contributed by atoms with van der Waals surface area (Å²) in [5.41, 5.74) is 2.51. The van der Waals surface area contributed by atoms with Gasteiger partial charge >= 0.3 is 0 Å². The Balaban J connectivity index is 2.59. The normalized spacial score (nSPS) is 10.4. The molecule has 0 spiro atoms. The van der Waals surface area contributed by atoms with Crippen molar-refractivity contribution in [2.75, 3.05) is 0 Å². The maximum Gasteiger partial charge on any atom is 0.273 e. The van der Waals surface area contributed by atoms with Crippen LogP contribution in [0.5, 0.6) is 0 Å². The molecule has 0 N–H and O–H groups in total. The number of hydrogen-bond donors (Lipinski definition) is 0. The topological polar surface area (TPSA) is 60.2 Å². The summed E-state index contributed by atoms with van der Waals surface area (Å²) in [7, 11) is 0. The number of aryl methyl sites for hydroxylation is 2. The highest BCUT2D eigenvalue weighted by atomic mass is 16.6. The van der Waals surface area contributed by atoms with E-state index >= 15 is 0 Å². The summed E-state index contributed by atoms with van der Waals surface area (Å²) in [4.78, 5) is 23.3. The zero-order chi connectivity index (χ0) is 15.4. The average molecular weight is 283 g/mol. The van der Waals surface area contributed by atoms with Crippen LogP contribution in [0.4, 0.5) is 5.69 Å². The Kier molecular flexibility index (Phi) is 4.48. The molecule has 0 aromatic heterocycles. The van der Waals surface area contributed by atoms with Crippen molar-refractivity contribution < 1.29 is 9.72 Å². The molecule has 0 atom stereocenters. The summed E-state index contributed by atoms with van der Waals surface area (Å²) in [6.45, 7) is 3.82. The van der Waals surface area contributed by atoms with E-state index < -0.39 is 4.92 Å². The monoisotopic (exact) mass is 283 g/mol. The van der Waals surface area contributed by atoms with Gasteiger partial charge in [0.05, 0.1) is 4.92 Å². The lowest BCUT2D eigenvalue weighted by Crippen LogP contribution is -2.08. The molecule has 0 aliphatic carbocycles. The van der Waals surface area contributed by atoms with Gasteiger partial charge in [-0.05, 0) is 24.5 Å². The summed E-state index contributed by atoms with van der Waals surface area (Å²) < 4.78 is 0. The number of benzene rings is 2. The van der Waals surface area contributed by atoms with Crippen molar-refractivity contribution in [2.45, 2.75) is 26.7 Å². The molecule has 0 fully saturated rings. The van der Waals surface area contributed by atoms with E-state index in [1.807, 2.05) is 19.9 Å². The molecule has 4 nitrogen and oxygen atoms in total. The Morgan fingerprint density at radius 2 is 1.67 bits per heavy atom. The van der Waals surface area contributed by atoms with Gasteiger partial charge in [0.1, 0.15) is 0 Å². The average Bonchev–Trinajstić information content (AvgIpc) is 2.53. The van der Waals surface area contributed by atoms with Crippen molar-refractivity contribution in [1.82, 2.24) is 0 Å². The Labute approximate surface area is 123 Å². The smallest absolute Gasteiger partial charge is 0.273 e. The van der Waals surface area contributed by atoms with Crippen LogP contribution in [0.15, 0.2) is 42.5 Å². The number of nitro benzene ring substituents is 1. The number of carbonyl (C=O) groups is 1. The third kappa shape index (κ3) is 2.99. The van der Waals surface area contributed by atoms with E-state index in [2.05, 4.69) is 0 Å². The molecule has 108 valence electrons. The third-order valence-corrected chi connectivity index (χ3v) is 3.54.